The predicted octanol–water partition coefficient (Wildman–Crippen LogP) is 0.380. The van der Waals surface area contributed by atoms with Crippen molar-refractivity contribution in [1.82, 2.24) is 0 Å². The molecule has 0 aliphatic heterocycles. The molecule has 0 aliphatic carbocycles. The van der Waals surface area contributed by atoms with Crippen LogP contribution in [0.3, 0.4) is 0 Å². The van der Waals surface area contributed by atoms with Crippen LogP contribution in [0.15, 0.2) is 18.2 Å². The Morgan fingerprint density at radius 1 is 1.44 bits per heavy atom. The molecule has 0 saturated heterocycles. The SMILES string of the molecule is C[C@@H](O)c1cc([N+](=O)[O-])ccc1OCC(O)CO. The Hall–Kier alpha value is -1.70. The molecular formula is C11H15NO6. The molecule has 0 fully saturated rings. The van der Waals surface area contributed by atoms with Crippen molar-refractivity contribution >= 4 is 5.69 Å². The maximum absolute atomic E-state index is 10.6. The van der Waals surface area contributed by atoms with Gasteiger partial charge in [0, 0.05) is 17.7 Å². The molecule has 1 rings (SSSR count). The molecule has 0 radical (unpaired) electrons. The largest absolute Gasteiger partial charge is 0.490 e. The Labute approximate surface area is 103 Å². The number of aliphatic hydroxyl groups excluding tert-OH is 3. The van der Waals surface area contributed by atoms with Crippen molar-refractivity contribution in [1.29, 1.82) is 0 Å². The lowest BCUT2D eigenvalue weighted by Crippen LogP contribution is -2.21. The van der Waals surface area contributed by atoms with E-state index < -0.39 is 23.7 Å². The minimum Gasteiger partial charge on any atom is -0.490 e. The average Bonchev–Trinajstić information content (AvgIpc) is 2.35. The highest BCUT2D eigenvalue weighted by Crippen LogP contribution is 2.29. The van der Waals surface area contributed by atoms with Gasteiger partial charge < -0.3 is 20.1 Å². The second-order valence-electron chi connectivity index (χ2n) is 3.80. The Bertz CT molecular complexity index is 420. The van der Waals surface area contributed by atoms with Crippen molar-refractivity contribution in [3.63, 3.8) is 0 Å². The molecule has 18 heavy (non-hydrogen) atoms. The maximum atomic E-state index is 10.6. The highest BCUT2D eigenvalue weighted by Gasteiger charge is 2.16. The van der Waals surface area contributed by atoms with E-state index in [1.54, 1.807) is 0 Å². The van der Waals surface area contributed by atoms with Crippen molar-refractivity contribution in [3.05, 3.63) is 33.9 Å². The fourth-order valence-corrected chi connectivity index (χ4v) is 1.35. The van der Waals surface area contributed by atoms with Gasteiger partial charge in [-0.1, -0.05) is 0 Å². The van der Waals surface area contributed by atoms with Crippen molar-refractivity contribution in [2.75, 3.05) is 13.2 Å². The van der Waals surface area contributed by atoms with Gasteiger partial charge in [-0.3, -0.25) is 10.1 Å². The van der Waals surface area contributed by atoms with Crippen molar-refractivity contribution in [2.45, 2.75) is 19.1 Å². The molecule has 1 aromatic rings. The maximum Gasteiger partial charge on any atom is 0.270 e. The summed E-state index contributed by atoms with van der Waals surface area (Å²) in [5, 5.41) is 37.9. The molecule has 0 bridgehead atoms. The summed E-state index contributed by atoms with van der Waals surface area (Å²) in [5.74, 6) is 0.239. The number of nitrogens with zero attached hydrogens (tertiary/aromatic N) is 1. The number of non-ortho nitro benzene ring substituents is 1. The van der Waals surface area contributed by atoms with Crippen LogP contribution in [-0.2, 0) is 0 Å². The summed E-state index contributed by atoms with van der Waals surface area (Å²) < 4.78 is 5.19. The zero-order valence-corrected chi connectivity index (χ0v) is 9.81. The molecule has 0 heterocycles. The van der Waals surface area contributed by atoms with E-state index in [4.69, 9.17) is 14.9 Å². The third-order valence-corrected chi connectivity index (χ3v) is 2.30. The normalized spacial score (nSPS) is 14.0. The van der Waals surface area contributed by atoms with Crippen LogP contribution in [0.4, 0.5) is 5.69 Å². The summed E-state index contributed by atoms with van der Waals surface area (Å²) >= 11 is 0. The lowest BCUT2D eigenvalue weighted by Gasteiger charge is -2.14. The number of rotatable bonds is 6. The molecule has 2 atom stereocenters. The molecule has 0 aliphatic rings. The van der Waals surface area contributed by atoms with Gasteiger partial charge in [-0.15, -0.1) is 0 Å². The molecule has 0 amide bonds. The van der Waals surface area contributed by atoms with Crippen LogP contribution in [-0.4, -0.2) is 39.6 Å². The van der Waals surface area contributed by atoms with Crippen LogP contribution >= 0.6 is 0 Å². The Kier molecular flexibility index (Phi) is 5.02. The molecule has 1 unspecified atom stereocenters. The Balaban J connectivity index is 2.93. The van der Waals surface area contributed by atoms with Gasteiger partial charge in [-0.05, 0) is 13.0 Å². The number of hydrogen-bond acceptors (Lipinski definition) is 6. The first kappa shape index (κ1) is 14.4. The summed E-state index contributed by atoms with van der Waals surface area (Å²) in [6, 6.07) is 3.81. The van der Waals surface area contributed by atoms with Gasteiger partial charge in [-0.2, -0.15) is 0 Å². The topological polar surface area (TPSA) is 113 Å². The predicted molar refractivity (Wildman–Crippen MR) is 62.3 cm³/mol. The third-order valence-electron chi connectivity index (χ3n) is 2.30. The van der Waals surface area contributed by atoms with E-state index in [2.05, 4.69) is 0 Å². The van der Waals surface area contributed by atoms with Crippen LogP contribution in [0.25, 0.3) is 0 Å². The van der Waals surface area contributed by atoms with Crippen LogP contribution < -0.4 is 4.74 Å². The fraction of sp³-hybridized carbons (Fsp3) is 0.455. The smallest absolute Gasteiger partial charge is 0.270 e. The zero-order chi connectivity index (χ0) is 13.7. The summed E-state index contributed by atoms with van der Waals surface area (Å²) in [6.45, 7) is 0.847. The Morgan fingerprint density at radius 2 is 2.11 bits per heavy atom. The summed E-state index contributed by atoms with van der Waals surface area (Å²) in [4.78, 5) is 10.0. The van der Waals surface area contributed by atoms with Gasteiger partial charge in [0.05, 0.1) is 17.6 Å². The van der Waals surface area contributed by atoms with E-state index in [1.165, 1.54) is 25.1 Å². The molecule has 7 heteroatoms. The van der Waals surface area contributed by atoms with Crippen LogP contribution in [0.1, 0.15) is 18.6 Å². The minimum atomic E-state index is -1.04. The summed E-state index contributed by atoms with van der Waals surface area (Å²) in [6.07, 6.45) is -1.98. The molecule has 1 aromatic carbocycles. The van der Waals surface area contributed by atoms with E-state index in [1.807, 2.05) is 0 Å². The van der Waals surface area contributed by atoms with E-state index in [9.17, 15) is 15.2 Å². The lowest BCUT2D eigenvalue weighted by atomic mass is 10.1. The number of hydrogen-bond donors (Lipinski definition) is 3. The first-order chi connectivity index (χ1) is 8.45. The summed E-state index contributed by atoms with van der Waals surface area (Å²) in [5.41, 5.74) is 0.107. The van der Waals surface area contributed by atoms with E-state index in [0.717, 1.165) is 0 Å². The number of benzene rings is 1. The molecule has 0 aromatic heterocycles. The quantitative estimate of drug-likeness (QED) is 0.501. The third kappa shape index (κ3) is 3.66. The van der Waals surface area contributed by atoms with Gasteiger partial charge >= 0.3 is 0 Å². The first-order valence-corrected chi connectivity index (χ1v) is 5.33. The molecule has 0 spiro atoms. The van der Waals surface area contributed by atoms with E-state index in [-0.39, 0.29) is 23.6 Å². The first-order valence-electron chi connectivity index (χ1n) is 5.33. The summed E-state index contributed by atoms with van der Waals surface area (Å²) in [7, 11) is 0. The van der Waals surface area contributed by atoms with Crippen molar-refractivity contribution in [2.24, 2.45) is 0 Å². The monoisotopic (exact) mass is 257 g/mol. The molecular weight excluding hydrogens is 242 g/mol. The average molecular weight is 257 g/mol. The molecule has 0 saturated carbocycles. The second kappa shape index (κ2) is 6.29. The molecule has 7 nitrogen and oxygen atoms in total. The van der Waals surface area contributed by atoms with Gasteiger partial charge in [0.25, 0.3) is 5.69 Å². The Morgan fingerprint density at radius 3 is 2.61 bits per heavy atom. The van der Waals surface area contributed by atoms with Gasteiger partial charge in [0.1, 0.15) is 18.5 Å². The van der Waals surface area contributed by atoms with Crippen LogP contribution in [0.5, 0.6) is 5.75 Å². The number of nitro benzene ring substituents is 1. The molecule has 100 valence electrons. The number of aliphatic hydroxyl groups is 3. The van der Waals surface area contributed by atoms with E-state index in [0.29, 0.717) is 0 Å². The van der Waals surface area contributed by atoms with Gasteiger partial charge in [0.2, 0.25) is 0 Å². The highest BCUT2D eigenvalue weighted by atomic mass is 16.6. The minimum absolute atomic E-state index is 0.152. The van der Waals surface area contributed by atoms with Crippen LogP contribution in [0, 0.1) is 10.1 Å². The van der Waals surface area contributed by atoms with Crippen molar-refractivity contribution < 1.29 is 25.0 Å². The number of nitro groups is 1. The zero-order valence-electron chi connectivity index (χ0n) is 9.81. The second-order valence-corrected chi connectivity index (χ2v) is 3.80. The fourth-order valence-electron chi connectivity index (χ4n) is 1.35. The lowest BCUT2D eigenvalue weighted by molar-refractivity contribution is -0.385. The number of ether oxygens (including phenoxy) is 1. The van der Waals surface area contributed by atoms with Crippen LogP contribution in [0.2, 0.25) is 0 Å². The van der Waals surface area contributed by atoms with Gasteiger partial charge in [-0.25, -0.2) is 0 Å². The van der Waals surface area contributed by atoms with Crippen molar-refractivity contribution in [3.8, 4) is 5.75 Å². The highest BCUT2D eigenvalue weighted by molar-refractivity contribution is 5.44. The van der Waals surface area contributed by atoms with E-state index >= 15 is 0 Å². The van der Waals surface area contributed by atoms with Gasteiger partial charge in [0.15, 0.2) is 0 Å². The molecule has 3 N–H and O–H groups in total. The standard InChI is InChI=1S/C11H15NO6/c1-7(14)10-4-8(12(16)17)2-3-11(10)18-6-9(15)5-13/h2-4,7,9,13-15H,5-6H2,1H3/t7-,9?/m1/s1.